The van der Waals surface area contributed by atoms with Gasteiger partial charge in [-0.05, 0) is 12.5 Å². The lowest BCUT2D eigenvalue weighted by atomic mass is 10.0. The Morgan fingerprint density at radius 3 is 2.83 bits per heavy atom. The first kappa shape index (κ1) is 15.2. The van der Waals surface area contributed by atoms with Gasteiger partial charge in [0.1, 0.15) is 6.10 Å². The summed E-state index contributed by atoms with van der Waals surface area (Å²) in [5.74, 6) is 0.381. The molecule has 7 heteroatoms. The summed E-state index contributed by atoms with van der Waals surface area (Å²) in [4.78, 5) is 24.5. The molecule has 100 valence electrons. The van der Waals surface area contributed by atoms with E-state index in [1.807, 2.05) is 0 Å². The molecule has 0 saturated heterocycles. The molecule has 0 aliphatic carbocycles. The van der Waals surface area contributed by atoms with Crippen molar-refractivity contribution < 1.29 is 15.0 Å². The summed E-state index contributed by atoms with van der Waals surface area (Å²) in [6, 6.07) is 1.31. The number of aromatic amines is 1. The molecule has 2 unspecified atom stereocenters. The summed E-state index contributed by atoms with van der Waals surface area (Å²) < 4.78 is 0. The molecule has 1 heterocycles. The van der Waals surface area contributed by atoms with E-state index in [-0.39, 0.29) is 22.1 Å². The maximum absolute atomic E-state index is 11.5. The lowest BCUT2D eigenvalue weighted by Gasteiger charge is -2.17. The molecule has 0 aliphatic rings. The van der Waals surface area contributed by atoms with Crippen LogP contribution in [-0.2, 0) is 4.79 Å². The number of H-pyrrole nitrogens is 1. The number of hydrogen-bond donors (Lipinski definition) is 3. The molecule has 0 aliphatic heterocycles. The number of halogens is 1. The van der Waals surface area contributed by atoms with Gasteiger partial charge in [0.15, 0.2) is 5.12 Å². The smallest absolute Gasteiger partial charge is 0.253 e. The molecule has 1 aromatic heterocycles. The van der Waals surface area contributed by atoms with Gasteiger partial charge in [-0.15, -0.1) is 0 Å². The van der Waals surface area contributed by atoms with E-state index in [9.17, 15) is 19.8 Å². The number of aliphatic hydroxyl groups is 2. The highest BCUT2D eigenvalue weighted by atomic mass is 35.5. The lowest BCUT2D eigenvalue weighted by Crippen LogP contribution is -2.25. The second-order valence-corrected chi connectivity index (χ2v) is 5.45. The third-order valence-corrected chi connectivity index (χ3v) is 3.36. The molecule has 1 rings (SSSR count). The molecule has 0 radical (unpaired) electrons. The van der Waals surface area contributed by atoms with Gasteiger partial charge in [0, 0.05) is 24.4 Å². The average Bonchev–Trinajstić information content (AvgIpc) is 2.30. The highest BCUT2D eigenvalue weighted by molar-refractivity contribution is 8.13. The Labute approximate surface area is 113 Å². The Balaban J connectivity index is 2.68. The van der Waals surface area contributed by atoms with Gasteiger partial charge in [0.05, 0.1) is 11.1 Å². The van der Waals surface area contributed by atoms with E-state index >= 15 is 0 Å². The molecule has 0 amide bonds. The Kier molecular flexibility index (Phi) is 5.87. The van der Waals surface area contributed by atoms with E-state index in [0.717, 1.165) is 11.8 Å². The standard InChI is InChI=1S/C11H14ClNO4S/c1-6(14)18-3-2-9(15)10(16)8-4-7(12)5-13-11(8)17/h4-5,9-10,15-16H,2-3H2,1H3,(H,13,17). The Bertz CT molecular complexity index is 476. The Hall–Kier alpha value is -0.820. The topological polar surface area (TPSA) is 90.4 Å². The fraction of sp³-hybridized carbons (Fsp3) is 0.455. The van der Waals surface area contributed by atoms with Gasteiger partial charge in [-0.1, -0.05) is 23.4 Å². The highest BCUT2D eigenvalue weighted by Gasteiger charge is 2.21. The maximum atomic E-state index is 11.5. The third kappa shape index (κ3) is 4.45. The van der Waals surface area contributed by atoms with Crippen molar-refractivity contribution in [1.82, 2.24) is 4.98 Å². The summed E-state index contributed by atoms with van der Waals surface area (Å²) >= 11 is 6.76. The van der Waals surface area contributed by atoms with Crippen LogP contribution in [-0.4, -0.2) is 32.2 Å². The molecule has 2 atom stereocenters. The van der Waals surface area contributed by atoms with Crippen molar-refractivity contribution in [3.8, 4) is 0 Å². The first-order valence-electron chi connectivity index (χ1n) is 5.29. The zero-order chi connectivity index (χ0) is 13.7. The van der Waals surface area contributed by atoms with Gasteiger partial charge in [-0.2, -0.15) is 0 Å². The highest BCUT2D eigenvalue weighted by Crippen LogP contribution is 2.19. The molecular weight excluding hydrogens is 278 g/mol. The van der Waals surface area contributed by atoms with Crippen LogP contribution in [0.5, 0.6) is 0 Å². The van der Waals surface area contributed by atoms with E-state index in [0.29, 0.717) is 5.75 Å². The van der Waals surface area contributed by atoms with Crippen LogP contribution in [0.1, 0.15) is 25.0 Å². The summed E-state index contributed by atoms with van der Waals surface area (Å²) in [6.45, 7) is 1.43. The normalized spacial score (nSPS) is 14.2. The number of carbonyl (C=O) groups excluding carboxylic acids is 1. The minimum Gasteiger partial charge on any atom is -0.390 e. The van der Waals surface area contributed by atoms with Crippen molar-refractivity contribution in [2.45, 2.75) is 25.6 Å². The fourth-order valence-corrected chi connectivity index (χ4v) is 2.20. The molecule has 0 fully saturated rings. The first-order valence-corrected chi connectivity index (χ1v) is 6.65. The number of nitrogens with one attached hydrogen (secondary N) is 1. The van der Waals surface area contributed by atoms with Crippen LogP contribution in [0, 0.1) is 0 Å². The molecule has 1 aromatic rings. The van der Waals surface area contributed by atoms with Crippen molar-refractivity contribution in [2.75, 3.05) is 5.75 Å². The van der Waals surface area contributed by atoms with Gasteiger partial charge < -0.3 is 15.2 Å². The Morgan fingerprint density at radius 1 is 1.56 bits per heavy atom. The monoisotopic (exact) mass is 291 g/mol. The van der Waals surface area contributed by atoms with Gasteiger partial charge in [0.2, 0.25) is 0 Å². The zero-order valence-corrected chi connectivity index (χ0v) is 11.3. The molecular formula is C11H14ClNO4S. The first-order chi connectivity index (χ1) is 8.41. The lowest BCUT2D eigenvalue weighted by molar-refractivity contribution is -0.109. The van der Waals surface area contributed by atoms with E-state index in [4.69, 9.17) is 11.6 Å². The number of rotatable bonds is 5. The van der Waals surface area contributed by atoms with Crippen LogP contribution >= 0.6 is 23.4 Å². The summed E-state index contributed by atoms with van der Waals surface area (Å²) in [5.41, 5.74) is -0.479. The van der Waals surface area contributed by atoms with Crippen molar-refractivity contribution in [2.24, 2.45) is 0 Å². The van der Waals surface area contributed by atoms with Crippen molar-refractivity contribution >= 4 is 28.5 Å². The summed E-state index contributed by atoms with van der Waals surface area (Å²) in [6.07, 6.45) is -0.924. The molecule has 0 bridgehead atoms. The number of pyridine rings is 1. The summed E-state index contributed by atoms with van der Waals surface area (Å²) in [5, 5.41) is 19.8. The van der Waals surface area contributed by atoms with Gasteiger partial charge >= 0.3 is 0 Å². The molecule has 3 N–H and O–H groups in total. The van der Waals surface area contributed by atoms with Crippen molar-refractivity contribution in [3.63, 3.8) is 0 Å². The molecule has 5 nitrogen and oxygen atoms in total. The van der Waals surface area contributed by atoms with Gasteiger partial charge in [-0.25, -0.2) is 0 Å². The second-order valence-electron chi connectivity index (χ2n) is 3.74. The fourth-order valence-electron chi connectivity index (χ4n) is 1.38. The predicted octanol–water partition coefficient (Wildman–Crippen LogP) is 1.09. The van der Waals surface area contributed by atoms with Crippen LogP contribution in [0.3, 0.4) is 0 Å². The molecule has 0 saturated carbocycles. The van der Waals surface area contributed by atoms with Crippen LogP contribution < -0.4 is 5.56 Å². The van der Waals surface area contributed by atoms with Crippen molar-refractivity contribution in [3.05, 3.63) is 33.2 Å². The number of hydrogen-bond acceptors (Lipinski definition) is 5. The molecule has 18 heavy (non-hydrogen) atoms. The SMILES string of the molecule is CC(=O)SCCC(O)C(O)c1cc(Cl)c[nH]c1=O. The largest absolute Gasteiger partial charge is 0.390 e. The number of carbonyl (C=O) groups is 1. The van der Waals surface area contributed by atoms with Crippen LogP contribution in [0.25, 0.3) is 0 Å². The predicted molar refractivity (Wildman–Crippen MR) is 70.8 cm³/mol. The quantitative estimate of drug-likeness (QED) is 0.755. The maximum Gasteiger partial charge on any atom is 0.253 e. The van der Waals surface area contributed by atoms with Crippen molar-refractivity contribution in [1.29, 1.82) is 0 Å². The third-order valence-electron chi connectivity index (χ3n) is 2.30. The van der Waals surface area contributed by atoms with E-state index in [2.05, 4.69) is 4.98 Å². The van der Waals surface area contributed by atoms with Crippen LogP contribution in [0.15, 0.2) is 17.1 Å². The number of thioether (sulfide) groups is 1. The number of aromatic nitrogens is 1. The minimum absolute atomic E-state index is 0.0165. The van der Waals surface area contributed by atoms with Gasteiger partial charge in [-0.3, -0.25) is 9.59 Å². The van der Waals surface area contributed by atoms with Crippen LogP contribution in [0.2, 0.25) is 5.02 Å². The van der Waals surface area contributed by atoms with Crippen LogP contribution in [0.4, 0.5) is 0 Å². The molecule has 0 spiro atoms. The van der Waals surface area contributed by atoms with E-state index in [1.165, 1.54) is 19.2 Å². The minimum atomic E-state index is -1.32. The zero-order valence-electron chi connectivity index (χ0n) is 9.72. The second kappa shape index (κ2) is 6.94. The van der Waals surface area contributed by atoms with Gasteiger partial charge in [0.25, 0.3) is 5.56 Å². The number of aliphatic hydroxyl groups excluding tert-OH is 2. The van der Waals surface area contributed by atoms with E-state index in [1.54, 1.807) is 0 Å². The Morgan fingerprint density at radius 2 is 2.22 bits per heavy atom. The average molecular weight is 292 g/mol. The molecule has 0 aromatic carbocycles. The summed E-state index contributed by atoms with van der Waals surface area (Å²) in [7, 11) is 0. The van der Waals surface area contributed by atoms with E-state index < -0.39 is 17.8 Å².